The molecule has 2 aliphatic rings. The van der Waals surface area contributed by atoms with Gasteiger partial charge in [-0.2, -0.15) is 5.10 Å². The van der Waals surface area contributed by atoms with Crippen molar-refractivity contribution in [3.63, 3.8) is 0 Å². The van der Waals surface area contributed by atoms with Crippen LogP contribution in [0, 0.1) is 21.3 Å². The van der Waals surface area contributed by atoms with Crippen molar-refractivity contribution >= 4 is 40.1 Å². The molecule has 1 amide bonds. The van der Waals surface area contributed by atoms with E-state index >= 15 is 0 Å². The van der Waals surface area contributed by atoms with Crippen LogP contribution in [0.4, 0.5) is 0 Å². The molecule has 1 aromatic carbocycles. The molecule has 5 atom stereocenters. The molecule has 2 fully saturated rings. The molecule has 0 unspecified atom stereocenters. The molecule has 0 saturated heterocycles. The quantitative estimate of drug-likeness (QED) is 0.653. The van der Waals surface area contributed by atoms with E-state index in [0.717, 1.165) is 18.3 Å². The summed E-state index contributed by atoms with van der Waals surface area (Å²) in [7, 11) is 0. The summed E-state index contributed by atoms with van der Waals surface area (Å²) < 4.78 is 3.31. The van der Waals surface area contributed by atoms with Crippen LogP contribution in [-0.2, 0) is 0 Å². The number of amides is 1. The standard InChI is InChI=1S/C19H21ClIN3O/c1-2-17(23-19(25)11-3-5-12(20)6-4-11)18-15-7-14(8-16(15)18)24-10-13(21)9-22-24/h3-6,9-10,14-18H,2,7-8H2,1H3,(H,23,25)/t14-,15-,16+,17-,18+/m1/s1. The lowest BCUT2D eigenvalue weighted by Crippen LogP contribution is -2.37. The second-order valence-electron chi connectivity index (χ2n) is 7.16. The molecule has 25 heavy (non-hydrogen) atoms. The molecular weight excluding hydrogens is 449 g/mol. The SMILES string of the molecule is CC[C@@H](NC(=O)c1ccc(Cl)cc1)[C@H]1[C@@H]2C[C@@H](n3cc(I)cn3)C[C@@H]21. The Kier molecular flexibility index (Phi) is 4.79. The highest BCUT2D eigenvalue weighted by atomic mass is 127. The average molecular weight is 470 g/mol. The van der Waals surface area contributed by atoms with Crippen molar-refractivity contribution in [1.82, 2.24) is 15.1 Å². The van der Waals surface area contributed by atoms with Crippen LogP contribution in [0.2, 0.25) is 5.02 Å². The summed E-state index contributed by atoms with van der Waals surface area (Å²) in [5.41, 5.74) is 0.678. The van der Waals surface area contributed by atoms with Crippen molar-refractivity contribution in [2.45, 2.75) is 38.3 Å². The van der Waals surface area contributed by atoms with E-state index in [0.29, 0.717) is 22.5 Å². The van der Waals surface area contributed by atoms with Crippen molar-refractivity contribution in [1.29, 1.82) is 0 Å². The van der Waals surface area contributed by atoms with E-state index < -0.39 is 0 Å². The van der Waals surface area contributed by atoms with E-state index in [9.17, 15) is 4.79 Å². The number of hydrogen-bond donors (Lipinski definition) is 1. The van der Waals surface area contributed by atoms with E-state index in [1.807, 2.05) is 6.20 Å². The number of benzene rings is 1. The molecule has 0 spiro atoms. The van der Waals surface area contributed by atoms with E-state index in [4.69, 9.17) is 11.6 Å². The molecule has 2 saturated carbocycles. The third-order valence-corrected chi connectivity index (χ3v) is 6.57. The minimum absolute atomic E-state index is 0.00618. The first-order chi connectivity index (χ1) is 12.1. The van der Waals surface area contributed by atoms with Crippen LogP contribution in [0.3, 0.4) is 0 Å². The van der Waals surface area contributed by atoms with Gasteiger partial charge in [0.1, 0.15) is 0 Å². The maximum atomic E-state index is 12.5. The minimum Gasteiger partial charge on any atom is -0.349 e. The predicted octanol–water partition coefficient (Wildman–Crippen LogP) is 4.55. The van der Waals surface area contributed by atoms with Gasteiger partial charge in [-0.1, -0.05) is 18.5 Å². The molecule has 0 radical (unpaired) electrons. The Hall–Kier alpha value is -1.08. The first-order valence-corrected chi connectivity index (χ1v) is 10.3. The Morgan fingerprint density at radius 1 is 1.36 bits per heavy atom. The zero-order chi connectivity index (χ0) is 17.6. The molecule has 1 aromatic heterocycles. The van der Waals surface area contributed by atoms with Gasteiger partial charge >= 0.3 is 0 Å². The molecule has 4 nitrogen and oxygen atoms in total. The summed E-state index contributed by atoms with van der Waals surface area (Å²) in [5, 5.41) is 8.37. The van der Waals surface area contributed by atoms with E-state index in [1.54, 1.807) is 24.3 Å². The lowest BCUT2D eigenvalue weighted by molar-refractivity contribution is 0.0926. The fraction of sp³-hybridized carbons (Fsp3) is 0.474. The second kappa shape index (κ2) is 6.91. The number of hydrogen-bond acceptors (Lipinski definition) is 2. The molecule has 1 N–H and O–H groups in total. The number of nitrogens with one attached hydrogen (secondary N) is 1. The Morgan fingerprint density at radius 3 is 2.60 bits per heavy atom. The van der Waals surface area contributed by atoms with Crippen molar-refractivity contribution in [2.24, 2.45) is 17.8 Å². The molecule has 6 heteroatoms. The van der Waals surface area contributed by atoms with Gasteiger partial charge in [0.2, 0.25) is 0 Å². The van der Waals surface area contributed by atoms with Gasteiger partial charge in [0.25, 0.3) is 5.91 Å². The number of rotatable bonds is 5. The molecule has 0 aliphatic heterocycles. The van der Waals surface area contributed by atoms with Crippen molar-refractivity contribution in [3.8, 4) is 0 Å². The zero-order valence-corrected chi connectivity index (χ0v) is 16.9. The van der Waals surface area contributed by atoms with Gasteiger partial charge in [-0.3, -0.25) is 9.48 Å². The Morgan fingerprint density at radius 2 is 2.04 bits per heavy atom. The first kappa shape index (κ1) is 17.3. The van der Waals surface area contributed by atoms with Crippen LogP contribution in [-0.4, -0.2) is 21.7 Å². The summed E-state index contributed by atoms with van der Waals surface area (Å²) in [6, 6.07) is 7.88. The number of carbonyl (C=O) groups is 1. The number of nitrogens with zero attached hydrogens (tertiary/aromatic N) is 2. The van der Waals surface area contributed by atoms with E-state index in [2.05, 4.69) is 50.8 Å². The summed E-state index contributed by atoms with van der Waals surface area (Å²) >= 11 is 8.21. The minimum atomic E-state index is 0.00618. The maximum Gasteiger partial charge on any atom is 0.251 e. The molecule has 2 aliphatic carbocycles. The smallest absolute Gasteiger partial charge is 0.251 e. The molecular formula is C19H21ClIN3O. The predicted molar refractivity (Wildman–Crippen MR) is 107 cm³/mol. The third-order valence-electron chi connectivity index (χ3n) is 5.76. The summed E-state index contributed by atoms with van der Waals surface area (Å²) in [6.07, 6.45) is 7.38. The normalized spacial score (nSPS) is 28.4. The first-order valence-electron chi connectivity index (χ1n) is 8.83. The van der Waals surface area contributed by atoms with Gasteiger partial charge < -0.3 is 5.32 Å². The molecule has 132 valence electrons. The van der Waals surface area contributed by atoms with E-state index in [-0.39, 0.29) is 11.9 Å². The fourth-order valence-electron chi connectivity index (χ4n) is 4.51. The Bertz CT molecular complexity index is 763. The van der Waals surface area contributed by atoms with Crippen LogP contribution in [0.1, 0.15) is 42.6 Å². The van der Waals surface area contributed by atoms with Gasteiger partial charge in [0.05, 0.1) is 15.8 Å². The highest BCUT2D eigenvalue weighted by molar-refractivity contribution is 14.1. The largest absolute Gasteiger partial charge is 0.349 e. The highest BCUT2D eigenvalue weighted by Gasteiger charge is 2.59. The lowest BCUT2D eigenvalue weighted by Gasteiger charge is -2.21. The Labute approximate surface area is 166 Å². The zero-order valence-electron chi connectivity index (χ0n) is 14.0. The molecule has 0 bridgehead atoms. The number of carbonyl (C=O) groups excluding carboxylic acids is 1. The van der Waals surface area contributed by atoms with Gasteiger partial charge in [0, 0.05) is 22.8 Å². The van der Waals surface area contributed by atoms with Crippen LogP contribution in [0.15, 0.2) is 36.7 Å². The molecule has 4 rings (SSSR count). The van der Waals surface area contributed by atoms with E-state index in [1.165, 1.54) is 16.4 Å². The number of halogens is 2. The highest BCUT2D eigenvalue weighted by Crippen LogP contribution is 2.62. The van der Waals surface area contributed by atoms with Crippen LogP contribution < -0.4 is 5.32 Å². The van der Waals surface area contributed by atoms with Gasteiger partial charge in [0.15, 0.2) is 0 Å². The second-order valence-corrected chi connectivity index (χ2v) is 8.85. The summed E-state index contributed by atoms with van der Waals surface area (Å²) in [6.45, 7) is 2.16. The Balaban J connectivity index is 1.36. The monoisotopic (exact) mass is 469 g/mol. The van der Waals surface area contributed by atoms with Gasteiger partial charge in [-0.25, -0.2) is 0 Å². The van der Waals surface area contributed by atoms with Crippen LogP contribution in [0.5, 0.6) is 0 Å². The topological polar surface area (TPSA) is 46.9 Å². The van der Waals surface area contributed by atoms with Gasteiger partial charge in [-0.15, -0.1) is 0 Å². The van der Waals surface area contributed by atoms with Crippen molar-refractivity contribution < 1.29 is 4.79 Å². The third kappa shape index (κ3) is 3.45. The fourth-order valence-corrected chi connectivity index (χ4v) is 5.05. The number of aromatic nitrogens is 2. The maximum absolute atomic E-state index is 12.5. The number of fused-ring (bicyclic) bond motifs is 1. The van der Waals surface area contributed by atoms with Crippen molar-refractivity contribution in [3.05, 3.63) is 50.8 Å². The molecule has 2 aromatic rings. The van der Waals surface area contributed by atoms with Crippen LogP contribution in [0.25, 0.3) is 0 Å². The lowest BCUT2D eigenvalue weighted by atomic mass is 9.99. The summed E-state index contributed by atoms with van der Waals surface area (Å²) in [4.78, 5) is 12.5. The van der Waals surface area contributed by atoms with Crippen molar-refractivity contribution in [2.75, 3.05) is 0 Å². The molecule has 1 heterocycles. The van der Waals surface area contributed by atoms with Gasteiger partial charge in [-0.05, 0) is 83.9 Å². The average Bonchev–Trinajstić information content (AvgIpc) is 2.95. The van der Waals surface area contributed by atoms with Crippen LogP contribution >= 0.6 is 34.2 Å². The summed E-state index contributed by atoms with van der Waals surface area (Å²) in [5.74, 6) is 2.07.